The van der Waals surface area contributed by atoms with E-state index < -0.39 is 11.6 Å². The van der Waals surface area contributed by atoms with E-state index in [2.05, 4.69) is 4.98 Å². The highest BCUT2D eigenvalue weighted by molar-refractivity contribution is 6.31. The summed E-state index contributed by atoms with van der Waals surface area (Å²) >= 11 is 5.54. The lowest BCUT2D eigenvalue weighted by Gasteiger charge is -2.11. The van der Waals surface area contributed by atoms with Crippen LogP contribution in [-0.4, -0.2) is 10.1 Å². The first-order valence-corrected chi connectivity index (χ1v) is 3.96. The Hall–Kier alpha value is -0.740. The van der Waals surface area contributed by atoms with Gasteiger partial charge in [-0.05, 0) is 11.6 Å². The maximum Gasteiger partial charge on any atom is 0.288 e. The molecule has 1 aromatic rings. The standard InChI is InChI=1S/C8H8ClF2NO/c1-8(10,11)7-6(9)2-5(4-13)3-12-7/h2-3,13H,4H2,1H3. The third-order valence-corrected chi connectivity index (χ3v) is 1.78. The summed E-state index contributed by atoms with van der Waals surface area (Å²) in [6.07, 6.45) is 1.18. The number of hydrogen-bond donors (Lipinski definition) is 1. The Labute approximate surface area is 79.2 Å². The zero-order valence-electron chi connectivity index (χ0n) is 6.89. The predicted octanol–water partition coefficient (Wildman–Crippen LogP) is 2.34. The lowest BCUT2D eigenvalue weighted by Crippen LogP contribution is -2.10. The molecule has 0 spiro atoms. The largest absolute Gasteiger partial charge is 0.392 e. The molecule has 13 heavy (non-hydrogen) atoms. The molecule has 0 aliphatic heterocycles. The summed E-state index contributed by atoms with van der Waals surface area (Å²) in [6.45, 7) is 0.460. The van der Waals surface area contributed by atoms with E-state index in [1.54, 1.807) is 0 Å². The van der Waals surface area contributed by atoms with Gasteiger partial charge in [0.05, 0.1) is 11.6 Å². The highest BCUT2D eigenvalue weighted by atomic mass is 35.5. The molecule has 72 valence electrons. The van der Waals surface area contributed by atoms with Crippen LogP contribution in [0.1, 0.15) is 18.2 Å². The number of aromatic nitrogens is 1. The normalized spacial score (nSPS) is 11.8. The average Bonchev–Trinajstić information content (AvgIpc) is 2.01. The van der Waals surface area contributed by atoms with Crippen LogP contribution >= 0.6 is 11.6 Å². The Morgan fingerprint density at radius 3 is 2.62 bits per heavy atom. The van der Waals surface area contributed by atoms with Gasteiger partial charge in [0.1, 0.15) is 5.69 Å². The second-order valence-electron chi connectivity index (χ2n) is 2.72. The van der Waals surface area contributed by atoms with Crippen molar-refractivity contribution in [2.24, 2.45) is 0 Å². The molecule has 0 radical (unpaired) electrons. The molecule has 1 heterocycles. The van der Waals surface area contributed by atoms with Crippen LogP contribution in [0.25, 0.3) is 0 Å². The van der Waals surface area contributed by atoms with E-state index in [0.717, 1.165) is 6.92 Å². The Morgan fingerprint density at radius 2 is 2.23 bits per heavy atom. The molecule has 0 unspecified atom stereocenters. The minimum Gasteiger partial charge on any atom is -0.392 e. The molecule has 0 saturated carbocycles. The topological polar surface area (TPSA) is 33.1 Å². The zero-order chi connectivity index (χ0) is 10.1. The van der Waals surface area contributed by atoms with Crippen LogP contribution in [0.5, 0.6) is 0 Å². The summed E-state index contributed by atoms with van der Waals surface area (Å²) in [4.78, 5) is 3.48. The number of halogens is 3. The molecule has 1 N–H and O–H groups in total. The summed E-state index contributed by atoms with van der Waals surface area (Å²) in [6, 6.07) is 1.28. The second kappa shape index (κ2) is 3.55. The third kappa shape index (κ3) is 2.35. The van der Waals surface area contributed by atoms with Gasteiger partial charge >= 0.3 is 0 Å². The van der Waals surface area contributed by atoms with Gasteiger partial charge in [-0.25, -0.2) is 0 Å². The van der Waals surface area contributed by atoms with Crippen molar-refractivity contribution in [2.45, 2.75) is 19.5 Å². The van der Waals surface area contributed by atoms with Gasteiger partial charge in [-0.2, -0.15) is 8.78 Å². The number of nitrogens with zero attached hydrogens (tertiary/aromatic N) is 1. The number of aliphatic hydroxyl groups is 1. The number of aliphatic hydroxyl groups excluding tert-OH is 1. The van der Waals surface area contributed by atoms with Gasteiger partial charge < -0.3 is 5.11 Å². The third-order valence-electron chi connectivity index (χ3n) is 1.50. The van der Waals surface area contributed by atoms with Gasteiger partial charge in [0.2, 0.25) is 0 Å². The first-order chi connectivity index (χ1) is 5.95. The van der Waals surface area contributed by atoms with Gasteiger partial charge in [0, 0.05) is 13.1 Å². The number of rotatable bonds is 2. The van der Waals surface area contributed by atoms with Crippen molar-refractivity contribution >= 4 is 11.6 Å². The molecule has 0 saturated heterocycles. The molecule has 0 bridgehead atoms. The van der Waals surface area contributed by atoms with E-state index in [0.29, 0.717) is 5.56 Å². The van der Waals surface area contributed by atoms with Crippen molar-refractivity contribution in [2.75, 3.05) is 0 Å². The highest BCUT2D eigenvalue weighted by Crippen LogP contribution is 2.31. The van der Waals surface area contributed by atoms with E-state index in [4.69, 9.17) is 16.7 Å². The molecule has 0 amide bonds. The quantitative estimate of drug-likeness (QED) is 0.808. The van der Waals surface area contributed by atoms with Crippen LogP contribution in [0.4, 0.5) is 8.78 Å². The number of hydrogen-bond acceptors (Lipinski definition) is 2. The summed E-state index contributed by atoms with van der Waals surface area (Å²) < 4.78 is 25.5. The zero-order valence-corrected chi connectivity index (χ0v) is 7.65. The molecule has 0 aromatic carbocycles. The van der Waals surface area contributed by atoms with E-state index in [1.165, 1.54) is 12.3 Å². The van der Waals surface area contributed by atoms with Crippen LogP contribution in [0.2, 0.25) is 5.02 Å². The van der Waals surface area contributed by atoms with Crippen LogP contribution < -0.4 is 0 Å². The lowest BCUT2D eigenvalue weighted by molar-refractivity contribution is 0.0128. The fourth-order valence-corrected chi connectivity index (χ4v) is 1.24. The maximum absolute atomic E-state index is 12.7. The fraction of sp³-hybridized carbons (Fsp3) is 0.375. The van der Waals surface area contributed by atoms with Gasteiger partial charge in [-0.3, -0.25) is 4.98 Å². The average molecular weight is 208 g/mol. The molecule has 1 rings (SSSR count). The maximum atomic E-state index is 12.7. The van der Waals surface area contributed by atoms with Gasteiger partial charge in [0.25, 0.3) is 5.92 Å². The molecular weight excluding hydrogens is 200 g/mol. The van der Waals surface area contributed by atoms with Gasteiger partial charge in [-0.15, -0.1) is 0 Å². The highest BCUT2D eigenvalue weighted by Gasteiger charge is 2.28. The lowest BCUT2D eigenvalue weighted by atomic mass is 10.2. The summed E-state index contributed by atoms with van der Waals surface area (Å²) in [7, 11) is 0. The van der Waals surface area contributed by atoms with Crippen molar-refractivity contribution in [1.29, 1.82) is 0 Å². The van der Waals surface area contributed by atoms with Crippen molar-refractivity contribution in [3.05, 3.63) is 28.5 Å². The van der Waals surface area contributed by atoms with E-state index in [1.807, 2.05) is 0 Å². The molecule has 0 aliphatic rings. The van der Waals surface area contributed by atoms with Crippen LogP contribution in [0, 0.1) is 0 Å². The fourth-order valence-electron chi connectivity index (χ4n) is 0.887. The Morgan fingerprint density at radius 1 is 1.62 bits per heavy atom. The van der Waals surface area contributed by atoms with Crippen LogP contribution in [0.15, 0.2) is 12.3 Å². The monoisotopic (exact) mass is 207 g/mol. The Kier molecular flexibility index (Phi) is 2.83. The molecule has 2 nitrogen and oxygen atoms in total. The van der Waals surface area contributed by atoms with Crippen molar-refractivity contribution in [1.82, 2.24) is 4.98 Å². The van der Waals surface area contributed by atoms with Crippen molar-refractivity contribution in [3.63, 3.8) is 0 Å². The predicted molar refractivity (Wildman–Crippen MR) is 44.7 cm³/mol. The van der Waals surface area contributed by atoms with Crippen molar-refractivity contribution in [3.8, 4) is 0 Å². The molecule has 5 heteroatoms. The second-order valence-corrected chi connectivity index (χ2v) is 3.13. The molecule has 0 atom stereocenters. The minimum atomic E-state index is -3.05. The molecule has 0 aliphatic carbocycles. The van der Waals surface area contributed by atoms with E-state index >= 15 is 0 Å². The van der Waals surface area contributed by atoms with Crippen LogP contribution in [0.3, 0.4) is 0 Å². The Bertz CT molecular complexity index is 312. The number of alkyl halides is 2. The SMILES string of the molecule is CC(F)(F)c1ncc(CO)cc1Cl. The van der Waals surface area contributed by atoms with E-state index in [9.17, 15) is 8.78 Å². The molecule has 1 aromatic heterocycles. The minimum absolute atomic E-state index is 0.126. The first-order valence-electron chi connectivity index (χ1n) is 3.58. The van der Waals surface area contributed by atoms with Gasteiger partial charge in [-0.1, -0.05) is 11.6 Å². The Balaban J connectivity index is 3.13. The smallest absolute Gasteiger partial charge is 0.288 e. The summed E-state index contributed by atoms with van der Waals surface area (Å²) in [5.74, 6) is -3.05. The molecular formula is C8H8ClF2NO. The number of pyridine rings is 1. The van der Waals surface area contributed by atoms with E-state index in [-0.39, 0.29) is 11.6 Å². The first kappa shape index (κ1) is 10.3. The summed E-state index contributed by atoms with van der Waals surface area (Å²) in [5.41, 5.74) is -0.0515. The summed E-state index contributed by atoms with van der Waals surface area (Å²) in [5, 5.41) is 8.54. The van der Waals surface area contributed by atoms with Gasteiger partial charge in [0.15, 0.2) is 0 Å². The molecule has 0 fully saturated rings. The van der Waals surface area contributed by atoms with Crippen molar-refractivity contribution < 1.29 is 13.9 Å². The van der Waals surface area contributed by atoms with Crippen LogP contribution in [-0.2, 0) is 12.5 Å².